The predicted molar refractivity (Wildman–Crippen MR) is 120 cm³/mol. The van der Waals surface area contributed by atoms with Gasteiger partial charge in [0, 0.05) is 17.5 Å². The Morgan fingerprint density at radius 1 is 0.867 bits per heavy atom. The van der Waals surface area contributed by atoms with E-state index in [1.807, 2.05) is 68.4 Å². The van der Waals surface area contributed by atoms with E-state index in [-0.39, 0.29) is 11.7 Å². The van der Waals surface area contributed by atoms with Crippen molar-refractivity contribution in [3.63, 3.8) is 0 Å². The number of carbonyl (C=O) groups is 1. The van der Waals surface area contributed by atoms with Crippen molar-refractivity contribution in [2.75, 3.05) is 6.54 Å². The number of aryl methyl sites for hydroxylation is 2. The van der Waals surface area contributed by atoms with Gasteiger partial charge in [-0.15, -0.1) is 0 Å². The van der Waals surface area contributed by atoms with Crippen LogP contribution in [0.5, 0.6) is 0 Å². The van der Waals surface area contributed by atoms with Gasteiger partial charge < -0.3 is 9.73 Å². The fourth-order valence-corrected chi connectivity index (χ4v) is 3.64. The number of amides is 1. The Labute approximate surface area is 175 Å². The fourth-order valence-electron chi connectivity index (χ4n) is 3.64. The van der Waals surface area contributed by atoms with Crippen molar-refractivity contribution in [1.29, 1.82) is 0 Å². The molecular weight excluding hydrogens is 374 g/mol. The summed E-state index contributed by atoms with van der Waals surface area (Å²) in [6.07, 6.45) is 0.700. The van der Waals surface area contributed by atoms with Crippen LogP contribution in [0, 0.1) is 13.8 Å². The van der Waals surface area contributed by atoms with E-state index in [9.17, 15) is 9.59 Å². The summed E-state index contributed by atoms with van der Waals surface area (Å²) in [4.78, 5) is 25.5. The van der Waals surface area contributed by atoms with E-state index >= 15 is 0 Å². The largest absolute Gasteiger partial charge is 0.416 e. The molecule has 0 saturated heterocycles. The van der Waals surface area contributed by atoms with E-state index in [1.165, 1.54) is 5.56 Å². The lowest BCUT2D eigenvalue weighted by molar-refractivity contribution is 0.0923. The lowest BCUT2D eigenvalue weighted by Crippen LogP contribution is -2.27. The lowest BCUT2D eigenvalue weighted by Gasteiger charge is -2.12. The van der Waals surface area contributed by atoms with Gasteiger partial charge in [-0.1, -0.05) is 77.9 Å². The summed E-state index contributed by atoms with van der Waals surface area (Å²) in [5.74, 6) is -0.340. The van der Waals surface area contributed by atoms with Crippen LogP contribution in [0.4, 0.5) is 0 Å². The topological polar surface area (TPSA) is 59.3 Å². The molecule has 0 saturated carbocycles. The summed E-state index contributed by atoms with van der Waals surface area (Å²) < 4.78 is 5.52. The van der Waals surface area contributed by atoms with Crippen LogP contribution < -0.4 is 10.9 Å². The standard InChI is InChI=1S/C26H23NO3/c1-17-10-12-20(13-11-17)23-21-8-3-4-9-22(21)26(29)30-24(23)25(28)27-15-14-19-7-5-6-18(2)16-19/h3-13,16H,14-15H2,1-2H3,(H,27,28). The molecule has 1 heterocycles. The number of rotatable bonds is 5. The van der Waals surface area contributed by atoms with Gasteiger partial charge in [-0.05, 0) is 37.5 Å². The molecule has 150 valence electrons. The lowest BCUT2D eigenvalue weighted by atomic mass is 9.97. The summed E-state index contributed by atoms with van der Waals surface area (Å²) in [6.45, 7) is 4.50. The molecule has 0 fully saturated rings. The quantitative estimate of drug-likeness (QED) is 0.513. The molecule has 4 nitrogen and oxygen atoms in total. The molecule has 0 spiro atoms. The molecule has 4 aromatic rings. The Kier molecular flexibility index (Phi) is 5.48. The van der Waals surface area contributed by atoms with Gasteiger partial charge in [-0.3, -0.25) is 4.79 Å². The van der Waals surface area contributed by atoms with Crippen LogP contribution in [-0.4, -0.2) is 12.5 Å². The number of carbonyl (C=O) groups excluding carboxylic acids is 1. The minimum atomic E-state index is -0.509. The second kappa shape index (κ2) is 8.37. The zero-order valence-electron chi connectivity index (χ0n) is 17.1. The molecule has 1 amide bonds. The van der Waals surface area contributed by atoms with E-state index in [0.717, 1.165) is 16.7 Å². The smallest absolute Gasteiger partial charge is 0.344 e. The highest BCUT2D eigenvalue weighted by atomic mass is 16.4. The average molecular weight is 397 g/mol. The molecule has 0 aliphatic heterocycles. The first kappa shape index (κ1) is 19.6. The molecule has 0 bridgehead atoms. The molecule has 0 aliphatic carbocycles. The average Bonchev–Trinajstić information content (AvgIpc) is 2.74. The minimum absolute atomic E-state index is 0.0480. The van der Waals surface area contributed by atoms with Crippen molar-refractivity contribution in [2.24, 2.45) is 0 Å². The van der Waals surface area contributed by atoms with Gasteiger partial charge in [0.2, 0.25) is 5.76 Å². The van der Waals surface area contributed by atoms with E-state index in [4.69, 9.17) is 4.42 Å². The third-order valence-corrected chi connectivity index (χ3v) is 5.17. The van der Waals surface area contributed by atoms with Gasteiger partial charge in [0.15, 0.2) is 0 Å². The first-order valence-corrected chi connectivity index (χ1v) is 9.99. The van der Waals surface area contributed by atoms with Crippen molar-refractivity contribution < 1.29 is 9.21 Å². The first-order valence-electron chi connectivity index (χ1n) is 9.99. The summed E-state index contributed by atoms with van der Waals surface area (Å²) in [5, 5.41) is 4.08. The van der Waals surface area contributed by atoms with Gasteiger partial charge in [-0.25, -0.2) is 4.79 Å². The monoisotopic (exact) mass is 397 g/mol. The molecule has 0 unspecified atom stereocenters. The molecule has 1 N–H and O–H groups in total. The van der Waals surface area contributed by atoms with E-state index < -0.39 is 5.63 Å². The number of nitrogens with one attached hydrogen (secondary N) is 1. The maximum absolute atomic E-state index is 13.0. The fraction of sp³-hybridized carbons (Fsp3) is 0.154. The Morgan fingerprint density at radius 2 is 1.60 bits per heavy atom. The molecular formula is C26H23NO3. The minimum Gasteiger partial charge on any atom is -0.416 e. The molecule has 0 atom stereocenters. The van der Waals surface area contributed by atoms with Crippen LogP contribution in [0.3, 0.4) is 0 Å². The molecule has 0 radical (unpaired) electrons. The maximum Gasteiger partial charge on any atom is 0.344 e. The van der Waals surface area contributed by atoms with Gasteiger partial charge in [0.05, 0.1) is 5.39 Å². The van der Waals surface area contributed by atoms with Crippen molar-refractivity contribution in [3.05, 3.63) is 106 Å². The summed E-state index contributed by atoms with van der Waals surface area (Å²) in [7, 11) is 0. The van der Waals surface area contributed by atoms with E-state index in [1.54, 1.807) is 12.1 Å². The Morgan fingerprint density at radius 3 is 2.33 bits per heavy atom. The van der Waals surface area contributed by atoms with Crippen LogP contribution >= 0.6 is 0 Å². The zero-order chi connectivity index (χ0) is 21.1. The van der Waals surface area contributed by atoms with Gasteiger partial charge in [-0.2, -0.15) is 0 Å². The van der Waals surface area contributed by atoms with Gasteiger partial charge in [0.25, 0.3) is 5.91 Å². The van der Waals surface area contributed by atoms with Gasteiger partial charge >= 0.3 is 5.63 Å². The van der Waals surface area contributed by atoms with Crippen molar-refractivity contribution in [3.8, 4) is 11.1 Å². The summed E-state index contributed by atoms with van der Waals surface area (Å²) in [5.41, 5.74) is 4.41. The zero-order valence-corrected chi connectivity index (χ0v) is 17.1. The number of benzene rings is 3. The molecule has 30 heavy (non-hydrogen) atoms. The Hall–Kier alpha value is -3.66. The molecule has 0 aliphatic rings. The molecule has 4 rings (SSSR count). The molecule has 4 heteroatoms. The third kappa shape index (κ3) is 4.03. The highest BCUT2D eigenvalue weighted by Crippen LogP contribution is 2.31. The van der Waals surface area contributed by atoms with Crippen LogP contribution in [-0.2, 0) is 6.42 Å². The van der Waals surface area contributed by atoms with Crippen molar-refractivity contribution in [2.45, 2.75) is 20.3 Å². The second-order valence-corrected chi connectivity index (χ2v) is 7.50. The van der Waals surface area contributed by atoms with Crippen LogP contribution in [0.15, 0.2) is 82.0 Å². The third-order valence-electron chi connectivity index (χ3n) is 5.17. The second-order valence-electron chi connectivity index (χ2n) is 7.50. The highest BCUT2D eigenvalue weighted by Gasteiger charge is 2.21. The van der Waals surface area contributed by atoms with Crippen molar-refractivity contribution in [1.82, 2.24) is 5.32 Å². The summed E-state index contributed by atoms with van der Waals surface area (Å²) in [6, 6.07) is 23.3. The predicted octanol–water partition coefficient (Wildman–Crippen LogP) is 5.05. The van der Waals surface area contributed by atoms with Crippen LogP contribution in [0.25, 0.3) is 21.9 Å². The normalized spacial score (nSPS) is 10.9. The maximum atomic E-state index is 13.0. The highest BCUT2D eigenvalue weighted by molar-refractivity contribution is 6.07. The van der Waals surface area contributed by atoms with Crippen LogP contribution in [0.1, 0.15) is 27.2 Å². The number of hydrogen-bond donors (Lipinski definition) is 1. The number of fused-ring (bicyclic) bond motifs is 1. The van der Waals surface area contributed by atoms with Crippen molar-refractivity contribution >= 4 is 16.7 Å². The Balaban J connectivity index is 1.70. The number of hydrogen-bond acceptors (Lipinski definition) is 3. The van der Waals surface area contributed by atoms with Crippen LogP contribution in [0.2, 0.25) is 0 Å². The van der Waals surface area contributed by atoms with E-state index in [0.29, 0.717) is 29.3 Å². The van der Waals surface area contributed by atoms with E-state index in [2.05, 4.69) is 11.4 Å². The first-order chi connectivity index (χ1) is 14.5. The molecule has 1 aromatic heterocycles. The molecule has 3 aromatic carbocycles. The SMILES string of the molecule is Cc1ccc(-c2c(C(=O)NCCc3cccc(C)c3)oc(=O)c3ccccc23)cc1. The summed E-state index contributed by atoms with van der Waals surface area (Å²) >= 11 is 0. The van der Waals surface area contributed by atoms with Gasteiger partial charge in [0.1, 0.15) is 0 Å². The Bertz CT molecular complexity index is 1270.